The van der Waals surface area contributed by atoms with Crippen molar-refractivity contribution in [2.45, 2.75) is 6.10 Å². The fourth-order valence-electron chi connectivity index (χ4n) is 3.82. The Morgan fingerprint density at radius 1 is 0.633 bits per heavy atom. The number of Topliss-reactive ketones (excluding diaryl/α,β-unsaturated/α-hetero) is 1. The molecule has 0 aliphatic carbocycles. The van der Waals surface area contributed by atoms with Crippen LogP contribution in [0.3, 0.4) is 0 Å². The molecule has 1 atom stereocenters. The van der Waals surface area contributed by atoms with Crippen molar-refractivity contribution in [2.75, 3.05) is 0 Å². The van der Waals surface area contributed by atoms with Gasteiger partial charge < -0.3 is 4.74 Å². The fraction of sp³-hybridized carbons (Fsp3) is 0.0357. The minimum absolute atomic E-state index is 0.0119. The van der Waals surface area contributed by atoms with Crippen LogP contribution in [0.5, 0.6) is 5.75 Å². The van der Waals surface area contributed by atoms with Gasteiger partial charge in [-0.05, 0) is 40.5 Å². The second-order valence-electron chi connectivity index (χ2n) is 7.32. The van der Waals surface area contributed by atoms with Crippen LogP contribution in [0.1, 0.15) is 27.6 Å². The monoisotopic (exact) mass is 388 g/mol. The summed E-state index contributed by atoms with van der Waals surface area (Å²) in [5.41, 5.74) is 5.51. The third kappa shape index (κ3) is 3.44. The van der Waals surface area contributed by atoms with Gasteiger partial charge in [-0.15, -0.1) is 0 Å². The molecule has 0 aromatic heterocycles. The predicted molar refractivity (Wildman–Crippen MR) is 120 cm³/mol. The molecular weight excluding hydrogens is 368 g/mol. The van der Waals surface area contributed by atoms with Crippen molar-refractivity contribution < 1.29 is 9.53 Å². The first-order valence-electron chi connectivity index (χ1n) is 10.0. The van der Waals surface area contributed by atoms with Crippen LogP contribution in [0.15, 0.2) is 115 Å². The lowest BCUT2D eigenvalue weighted by molar-refractivity contribution is 0.0963. The van der Waals surface area contributed by atoms with E-state index in [4.69, 9.17) is 4.74 Å². The largest absolute Gasteiger partial charge is 0.480 e. The number of ether oxygens (including phenoxy) is 1. The van der Waals surface area contributed by atoms with E-state index in [0.717, 1.165) is 16.7 Å². The molecule has 1 heterocycles. The van der Waals surface area contributed by atoms with Crippen molar-refractivity contribution in [1.82, 2.24) is 0 Å². The number of fused-ring (bicyclic) bond motifs is 1. The summed E-state index contributed by atoms with van der Waals surface area (Å²) < 4.78 is 6.28. The summed E-state index contributed by atoms with van der Waals surface area (Å²) in [5, 5.41) is 0. The van der Waals surface area contributed by atoms with Crippen LogP contribution in [0.4, 0.5) is 0 Å². The summed E-state index contributed by atoms with van der Waals surface area (Å²) in [6, 6.07) is 35.9. The van der Waals surface area contributed by atoms with Gasteiger partial charge in [0.2, 0.25) is 0 Å². The fourth-order valence-corrected chi connectivity index (χ4v) is 3.82. The van der Waals surface area contributed by atoms with Crippen molar-refractivity contribution in [2.24, 2.45) is 0 Å². The van der Waals surface area contributed by atoms with Gasteiger partial charge >= 0.3 is 0 Å². The van der Waals surface area contributed by atoms with Crippen molar-refractivity contribution in [3.05, 3.63) is 131 Å². The molecule has 4 aromatic carbocycles. The van der Waals surface area contributed by atoms with Gasteiger partial charge in [0.25, 0.3) is 0 Å². The van der Waals surface area contributed by atoms with Gasteiger partial charge in [-0.1, -0.05) is 97.1 Å². The van der Waals surface area contributed by atoms with Gasteiger partial charge in [0.15, 0.2) is 11.9 Å². The Labute approximate surface area is 176 Å². The summed E-state index contributed by atoms with van der Waals surface area (Å²) in [5.74, 6) is 0.644. The highest BCUT2D eigenvalue weighted by Crippen LogP contribution is 2.39. The molecule has 2 heteroatoms. The second-order valence-corrected chi connectivity index (χ2v) is 7.32. The molecule has 5 rings (SSSR count). The van der Waals surface area contributed by atoms with E-state index in [-0.39, 0.29) is 5.78 Å². The Hall–Kier alpha value is -3.91. The first-order valence-corrected chi connectivity index (χ1v) is 10.0. The Kier molecular flexibility index (Phi) is 4.74. The Morgan fingerprint density at radius 2 is 1.23 bits per heavy atom. The van der Waals surface area contributed by atoms with Crippen LogP contribution in [0.25, 0.3) is 17.2 Å². The average Bonchev–Trinajstić information content (AvgIpc) is 2.82. The van der Waals surface area contributed by atoms with Gasteiger partial charge in [-0.25, -0.2) is 0 Å². The summed E-state index contributed by atoms with van der Waals surface area (Å²) >= 11 is 0. The second kappa shape index (κ2) is 7.84. The highest BCUT2D eigenvalue weighted by Gasteiger charge is 2.32. The number of carbonyl (C=O) groups is 1. The highest BCUT2D eigenvalue weighted by molar-refractivity contribution is 6.14. The third-order valence-electron chi connectivity index (χ3n) is 5.36. The molecule has 0 fully saturated rings. The molecule has 1 aliphatic rings. The molecule has 0 saturated carbocycles. The maximum Gasteiger partial charge on any atom is 0.196 e. The zero-order valence-corrected chi connectivity index (χ0v) is 16.4. The lowest BCUT2D eigenvalue weighted by Gasteiger charge is -2.28. The maximum atomic E-state index is 13.3. The molecule has 1 unspecified atom stereocenters. The Balaban J connectivity index is 1.56. The van der Waals surface area contributed by atoms with E-state index in [9.17, 15) is 4.79 Å². The van der Waals surface area contributed by atoms with Crippen LogP contribution in [-0.4, -0.2) is 5.78 Å². The first kappa shape index (κ1) is 18.1. The van der Waals surface area contributed by atoms with E-state index in [2.05, 4.69) is 24.3 Å². The van der Waals surface area contributed by atoms with E-state index in [1.807, 2.05) is 91.0 Å². The van der Waals surface area contributed by atoms with Gasteiger partial charge in [-0.2, -0.15) is 0 Å². The van der Waals surface area contributed by atoms with Gasteiger partial charge in [0.1, 0.15) is 5.75 Å². The molecule has 2 nitrogen and oxygen atoms in total. The lowest BCUT2D eigenvalue weighted by Crippen LogP contribution is -2.23. The van der Waals surface area contributed by atoms with Crippen LogP contribution in [0, 0.1) is 0 Å². The molecule has 0 bridgehead atoms. The summed E-state index contributed by atoms with van der Waals surface area (Å²) in [4.78, 5) is 13.3. The summed E-state index contributed by atoms with van der Waals surface area (Å²) in [6.45, 7) is 0. The third-order valence-corrected chi connectivity index (χ3v) is 5.36. The molecule has 0 radical (unpaired) electrons. The minimum atomic E-state index is -0.428. The van der Waals surface area contributed by atoms with Crippen molar-refractivity contribution >= 4 is 11.9 Å². The Bertz CT molecular complexity index is 1210. The smallest absolute Gasteiger partial charge is 0.196 e. The zero-order chi connectivity index (χ0) is 20.3. The van der Waals surface area contributed by atoms with Crippen molar-refractivity contribution in [3.63, 3.8) is 0 Å². The molecule has 0 spiro atoms. The molecule has 30 heavy (non-hydrogen) atoms. The van der Waals surface area contributed by atoms with Crippen LogP contribution in [0.2, 0.25) is 0 Å². The molecule has 1 aliphatic heterocycles. The normalized spacial score (nSPS) is 16.7. The van der Waals surface area contributed by atoms with Crippen LogP contribution >= 0.6 is 0 Å². The Morgan fingerprint density at radius 3 is 1.97 bits per heavy atom. The van der Waals surface area contributed by atoms with Crippen molar-refractivity contribution in [1.29, 1.82) is 0 Å². The number of para-hydroxylation sites is 1. The van der Waals surface area contributed by atoms with Gasteiger partial charge in [0, 0.05) is 5.57 Å². The molecule has 4 aromatic rings. The number of ketones is 1. The first-order chi connectivity index (χ1) is 14.8. The van der Waals surface area contributed by atoms with Gasteiger partial charge in [0.05, 0.1) is 5.56 Å². The molecule has 0 amide bonds. The number of carbonyl (C=O) groups excluding carboxylic acids is 1. The summed E-state index contributed by atoms with van der Waals surface area (Å²) in [7, 11) is 0. The molecular formula is C28H20O2. The lowest BCUT2D eigenvalue weighted by atomic mass is 9.89. The number of rotatable bonds is 3. The SMILES string of the molecule is O=C1/C(=C\c2ccc(-c3ccccc3)cc2)C(c2ccccc2)Oc2ccccc21. The van der Waals surface area contributed by atoms with Crippen LogP contribution in [-0.2, 0) is 0 Å². The predicted octanol–water partition coefficient (Wildman–Crippen LogP) is 6.75. The van der Waals surface area contributed by atoms with E-state index in [0.29, 0.717) is 16.9 Å². The highest BCUT2D eigenvalue weighted by atomic mass is 16.5. The van der Waals surface area contributed by atoms with E-state index >= 15 is 0 Å². The number of hydrogen-bond donors (Lipinski definition) is 0. The standard InChI is InChI=1S/C28H20O2/c29-27-24-13-7-8-14-26(24)30-28(23-11-5-2-6-12-23)25(27)19-20-15-17-22(18-16-20)21-9-3-1-4-10-21/h1-19,28H/b25-19+. The van der Waals surface area contributed by atoms with Crippen LogP contribution < -0.4 is 4.74 Å². The molecule has 0 N–H and O–H groups in total. The van der Waals surface area contributed by atoms with Gasteiger partial charge in [-0.3, -0.25) is 4.79 Å². The maximum absolute atomic E-state index is 13.3. The quantitative estimate of drug-likeness (QED) is 0.363. The average molecular weight is 388 g/mol. The van der Waals surface area contributed by atoms with E-state index in [1.54, 1.807) is 0 Å². The summed E-state index contributed by atoms with van der Waals surface area (Å²) in [6.07, 6.45) is 1.52. The topological polar surface area (TPSA) is 26.3 Å². The van der Waals surface area contributed by atoms with Crippen molar-refractivity contribution in [3.8, 4) is 16.9 Å². The van der Waals surface area contributed by atoms with E-state index in [1.165, 1.54) is 5.56 Å². The number of benzene rings is 4. The number of hydrogen-bond acceptors (Lipinski definition) is 2. The van der Waals surface area contributed by atoms with E-state index < -0.39 is 6.10 Å². The molecule has 144 valence electrons. The zero-order valence-electron chi connectivity index (χ0n) is 16.4. The minimum Gasteiger partial charge on any atom is -0.480 e. The molecule has 0 saturated heterocycles.